The van der Waals surface area contributed by atoms with Crippen LogP contribution in [0.15, 0.2) is 24.3 Å². The summed E-state index contributed by atoms with van der Waals surface area (Å²) in [5.41, 5.74) is 1.05. The molecule has 7 heteroatoms. The molecule has 6 nitrogen and oxygen atoms in total. The smallest absolute Gasteiger partial charge is 0.226 e. The summed E-state index contributed by atoms with van der Waals surface area (Å²) in [5, 5.41) is 13.7. The number of hydrogen-bond donors (Lipinski definition) is 1. The van der Waals surface area contributed by atoms with Gasteiger partial charge in [-0.15, -0.1) is 10.2 Å². The second kappa shape index (κ2) is 6.85. The molecule has 1 aliphatic rings. The van der Waals surface area contributed by atoms with Crippen LogP contribution in [0.5, 0.6) is 0 Å². The predicted octanol–water partition coefficient (Wildman–Crippen LogP) is 1.92. The molecule has 1 aromatic carbocycles. The number of carbonyl (C=O) groups is 1. The standard InChI is InChI=1S/C16H20FN5O/c1-22(10-9-15-18-20-21-19-15)16(23)14-4-2-3-13(14)11-5-7-12(17)8-6-11/h5-8,13-14H,2-4,9-10H2,1H3,(H,18,19,20,21)/t13-,14-/m1/s1. The zero-order valence-electron chi connectivity index (χ0n) is 13.1. The SMILES string of the molecule is CN(CCc1nn[nH]n1)C(=O)[C@@H]1CCC[C@@H]1c1ccc(F)cc1. The molecule has 0 radical (unpaired) electrons. The summed E-state index contributed by atoms with van der Waals surface area (Å²) in [5.74, 6) is 0.643. The average Bonchev–Trinajstić information content (AvgIpc) is 3.24. The molecule has 0 aliphatic heterocycles. The molecule has 2 aromatic rings. The Bertz CT molecular complexity index is 643. The lowest BCUT2D eigenvalue weighted by Crippen LogP contribution is -2.35. The number of rotatable bonds is 5. The number of benzene rings is 1. The molecule has 122 valence electrons. The zero-order chi connectivity index (χ0) is 16.2. The molecule has 0 bridgehead atoms. The lowest BCUT2D eigenvalue weighted by atomic mass is 9.88. The van der Waals surface area contributed by atoms with Gasteiger partial charge < -0.3 is 4.90 Å². The van der Waals surface area contributed by atoms with Crippen LogP contribution in [-0.4, -0.2) is 45.0 Å². The second-order valence-corrected chi connectivity index (χ2v) is 6.03. The van der Waals surface area contributed by atoms with E-state index in [4.69, 9.17) is 0 Å². The average molecular weight is 317 g/mol. The molecular weight excluding hydrogens is 297 g/mol. The quantitative estimate of drug-likeness (QED) is 0.914. The number of aromatic amines is 1. The summed E-state index contributed by atoms with van der Waals surface area (Å²) in [4.78, 5) is 14.5. The van der Waals surface area contributed by atoms with Crippen LogP contribution in [0.25, 0.3) is 0 Å². The number of nitrogens with zero attached hydrogens (tertiary/aromatic N) is 4. The van der Waals surface area contributed by atoms with Gasteiger partial charge in [0.25, 0.3) is 0 Å². The van der Waals surface area contributed by atoms with Crippen molar-refractivity contribution in [2.45, 2.75) is 31.6 Å². The molecule has 2 atom stereocenters. The van der Waals surface area contributed by atoms with Gasteiger partial charge in [0.2, 0.25) is 5.91 Å². The van der Waals surface area contributed by atoms with Crippen molar-refractivity contribution in [3.05, 3.63) is 41.5 Å². The number of hydrogen-bond acceptors (Lipinski definition) is 4. The Kier molecular flexibility index (Phi) is 4.64. The number of H-pyrrole nitrogens is 1. The Hall–Kier alpha value is -2.31. The van der Waals surface area contributed by atoms with Crippen molar-refractivity contribution in [2.24, 2.45) is 5.92 Å². The van der Waals surface area contributed by atoms with Crippen molar-refractivity contribution >= 4 is 5.91 Å². The van der Waals surface area contributed by atoms with E-state index in [9.17, 15) is 9.18 Å². The number of nitrogens with one attached hydrogen (secondary N) is 1. The molecule has 1 aromatic heterocycles. The summed E-state index contributed by atoms with van der Waals surface area (Å²) in [6, 6.07) is 6.53. The van der Waals surface area contributed by atoms with Crippen LogP contribution in [0.1, 0.15) is 36.6 Å². The second-order valence-electron chi connectivity index (χ2n) is 6.03. The molecule has 3 rings (SSSR count). The highest BCUT2D eigenvalue weighted by Crippen LogP contribution is 2.40. The molecule has 1 heterocycles. The van der Waals surface area contributed by atoms with E-state index in [1.807, 2.05) is 7.05 Å². The maximum atomic E-state index is 13.1. The molecule has 1 fully saturated rings. The molecule has 1 aliphatic carbocycles. The predicted molar refractivity (Wildman–Crippen MR) is 82.0 cm³/mol. The monoisotopic (exact) mass is 317 g/mol. The Labute approximate surface area is 134 Å². The first-order chi connectivity index (χ1) is 11.1. The molecular formula is C16H20FN5O. The Balaban J connectivity index is 1.64. The molecule has 0 spiro atoms. The van der Waals surface area contributed by atoms with E-state index in [0.717, 1.165) is 24.8 Å². The number of aromatic nitrogens is 4. The first-order valence-electron chi connectivity index (χ1n) is 7.88. The highest BCUT2D eigenvalue weighted by Gasteiger charge is 2.35. The fourth-order valence-electron chi connectivity index (χ4n) is 3.31. The van der Waals surface area contributed by atoms with Crippen LogP contribution in [0.2, 0.25) is 0 Å². The van der Waals surface area contributed by atoms with Crippen LogP contribution in [0.4, 0.5) is 4.39 Å². The van der Waals surface area contributed by atoms with Crippen molar-refractivity contribution in [2.75, 3.05) is 13.6 Å². The summed E-state index contributed by atoms with van der Waals surface area (Å²) in [6.07, 6.45) is 3.46. The molecule has 0 unspecified atom stereocenters. The van der Waals surface area contributed by atoms with E-state index in [1.165, 1.54) is 12.1 Å². The minimum atomic E-state index is -0.244. The Morgan fingerprint density at radius 3 is 2.83 bits per heavy atom. The molecule has 0 saturated heterocycles. The van der Waals surface area contributed by atoms with Crippen molar-refractivity contribution in [1.29, 1.82) is 0 Å². The fourth-order valence-corrected chi connectivity index (χ4v) is 3.31. The van der Waals surface area contributed by atoms with Gasteiger partial charge in [-0.05, 0) is 36.5 Å². The Morgan fingerprint density at radius 2 is 2.13 bits per heavy atom. The lowest BCUT2D eigenvalue weighted by Gasteiger charge is -2.25. The van der Waals surface area contributed by atoms with Gasteiger partial charge in [-0.2, -0.15) is 5.21 Å². The lowest BCUT2D eigenvalue weighted by molar-refractivity contribution is -0.134. The third-order valence-electron chi connectivity index (χ3n) is 4.57. The van der Waals surface area contributed by atoms with Gasteiger partial charge in [-0.3, -0.25) is 4.79 Å². The van der Waals surface area contributed by atoms with Crippen molar-refractivity contribution in [3.8, 4) is 0 Å². The summed E-state index contributed by atoms with van der Waals surface area (Å²) < 4.78 is 13.1. The molecule has 1 saturated carbocycles. The summed E-state index contributed by atoms with van der Waals surface area (Å²) >= 11 is 0. The summed E-state index contributed by atoms with van der Waals surface area (Å²) in [6.45, 7) is 0.561. The number of tetrazole rings is 1. The van der Waals surface area contributed by atoms with Gasteiger partial charge in [0.15, 0.2) is 5.82 Å². The topological polar surface area (TPSA) is 74.8 Å². The normalized spacial score (nSPS) is 20.6. The van der Waals surface area contributed by atoms with E-state index in [-0.39, 0.29) is 23.6 Å². The van der Waals surface area contributed by atoms with Gasteiger partial charge in [0.1, 0.15) is 5.82 Å². The van der Waals surface area contributed by atoms with Gasteiger partial charge in [-0.25, -0.2) is 4.39 Å². The first kappa shape index (κ1) is 15.6. The van der Waals surface area contributed by atoms with Crippen molar-refractivity contribution in [1.82, 2.24) is 25.5 Å². The van der Waals surface area contributed by atoms with E-state index in [0.29, 0.717) is 18.8 Å². The number of likely N-dealkylation sites (N-methyl/N-ethyl adjacent to an activating group) is 1. The van der Waals surface area contributed by atoms with Gasteiger partial charge in [0.05, 0.1) is 0 Å². The maximum Gasteiger partial charge on any atom is 0.226 e. The zero-order valence-corrected chi connectivity index (χ0v) is 13.1. The molecule has 1 amide bonds. The van der Waals surface area contributed by atoms with Crippen LogP contribution >= 0.6 is 0 Å². The molecule has 23 heavy (non-hydrogen) atoms. The third kappa shape index (κ3) is 3.55. The van der Waals surface area contributed by atoms with E-state index in [2.05, 4.69) is 20.6 Å². The highest BCUT2D eigenvalue weighted by molar-refractivity contribution is 5.80. The maximum absolute atomic E-state index is 13.1. The molecule has 1 N–H and O–H groups in total. The number of amides is 1. The fraction of sp³-hybridized carbons (Fsp3) is 0.500. The van der Waals surface area contributed by atoms with E-state index < -0.39 is 0 Å². The highest BCUT2D eigenvalue weighted by atomic mass is 19.1. The van der Waals surface area contributed by atoms with Crippen LogP contribution in [-0.2, 0) is 11.2 Å². The number of halogens is 1. The van der Waals surface area contributed by atoms with E-state index >= 15 is 0 Å². The van der Waals surface area contributed by atoms with Gasteiger partial charge in [0, 0.05) is 25.9 Å². The van der Waals surface area contributed by atoms with Crippen LogP contribution in [0.3, 0.4) is 0 Å². The summed E-state index contributed by atoms with van der Waals surface area (Å²) in [7, 11) is 1.81. The van der Waals surface area contributed by atoms with Crippen LogP contribution < -0.4 is 0 Å². The largest absolute Gasteiger partial charge is 0.345 e. The van der Waals surface area contributed by atoms with Gasteiger partial charge in [-0.1, -0.05) is 23.8 Å². The third-order valence-corrected chi connectivity index (χ3v) is 4.57. The van der Waals surface area contributed by atoms with Gasteiger partial charge >= 0.3 is 0 Å². The Morgan fingerprint density at radius 1 is 1.35 bits per heavy atom. The van der Waals surface area contributed by atoms with E-state index in [1.54, 1.807) is 17.0 Å². The van der Waals surface area contributed by atoms with Crippen LogP contribution in [0, 0.1) is 11.7 Å². The minimum absolute atomic E-state index is 0.0317. The minimum Gasteiger partial charge on any atom is -0.345 e. The number of carbonyl (C=O) groups excluding carboxylic acids is 1. The first-order valence-corrected chi connectivity index (χ1v) is 7.88. The van der Waals surface area contributed by atoms with Crippen molar-refractivity contribution in [3.63, 3.8) is 0 Å². The van der Waals surface area contributed by atoms with Crippen molar-refractivity contribution < 1.29 is 9.18 Å².